The molecule has 12 heavy (non-hydrogen) atoms. The Balaban J connectivity index is 2.75. The SMILES string of the molecule is CC1(C)CCCC1=NN=C(N)N. The minimum absolute atomic E-state index is 0.0326. The van der Waals surface area contributed by atoms with Crippen molar-refractivity contribution in [1.82, 2.24) is 0 Å². The van der Waals surface area contributed by atoms with E-state index in [1.807, 2.05) is 0 Å². The lowest BCUT2D eigenvalue weighted by Crippen LogP contribution is -2.23. The van der Waals surface area contributed by atoms with Gasteiger partial charge < -0.3 is 11.5 Å². The standard InChI is InChI=1S/C8H16N4/c1-8(2)5-3-4-6(8)11-12-7(9)10/h3-5H2,1-2H3,(H4,9,10,12). The zero-order chi connectivity index (χ0) is 9.19. The largest absolute Gasteiger partial charge is 0.369 e. The maximum Gasteiger partial charge on any atom is 0.211 e. The molecule has 4 nitrogen and oxygen atoms in total. The summed E-state index contributed by atoms with van der Waals surface area (Å²) in [6.07, 6.45) is 3.38. The average molecular weight is 168 g/mol. The van der Waals surface area contributed by atoms with Crippen molar-refractivity contribution in [3.8, 4) is 0 Å². The molecule has 0 aromatic rings. The smallest absolute Gasteiger partial charge is 0.211 e. The van der Waals surface area contributed by atoms with Gasteiger partial charge in [0.25, 0.3) is 0 Å². The molecule has 0 atom stereocenters. The van der Waals surface area contributed by atoms with Crippen LogP contribution in [0.2, 0.25) is 0 Å². The van der Waals surface area contributed by atoms with E-state index in [1.54, 1.807) is 0 Å². The molecule has 0 amide bonds. The molecule has 0 spiro atoms. The Kier molecular flexibility index (Phi) is 2.35. The highest BCUT2D eigenvalue weighted by Crippen LogP contribution is 2.34. The van der Waals surface area contributed by atoms with Crippen molar-refractivity contribution in [2.45, 2.75) is 33.1 Å². The van der Waals surface area contributed by atoms with Gasteiger partial charge in [0.15, 0.2) is 0 Å². The molecule has 0 aromatic carbocycles. The Morgan fingerprint density at radius 2 is 2.08 bits per heavy atom. The van der Waals surface area contributed by atoms with Gasteiger partial charge in [-0.25, -0.2) is 0 Å². The fraction of sp³-hybridized carbons (Fsp3) is 0.750. The molecule has 1 fully saturated rings. The molecule has 0 unspecified atom stereocenters. The quantitative estimate of drug-likeness (QED) is 0.345. The number of hydrogen-bond acceptors (Lipinski definition) is 2. The normalized spacial score (nSPS) is 24.3. The van der Waals surface area contributed by atoms with Crippen molar-refractivity contribution in [3.05, 3.63) is 0 Å². The summed E-state index contributed by atoms with van der Waals surface area (Å²) in [7, 11) is 0. The second-order valence-electron chi connectivity index (χ2n) is 3.81. The third kappa shape index (κ3) is 1.96. The molecule has 4 N–H and O–H groups in total. The maximum atomic E-state index is 5.18. The molecule has 0 aromatic heterocycles. The van der Waals surface area contributed by atoms with Crippen molar-refractivity contribution >= 4 is 11.7 Å². The summed E-state index contributed by atoms with van der Waals surface area (Å²) in [5, 5.41) is 7.69. The van der Waals surface area contributed by atoms with Crippen LogP contribution in [-0.2, 0) is 0 Å². The van der Waals surface area contributed by atoms with Crippen LogP contribution in [0, 0.1) is 5.41 Å². The van der Waals surface area contributed by atoms with Crippen molar-refractivity contribution in [2.24, 2.45) is 27.1 Å². The van der Waals surface area contributed by atoms with Gasteiger partial charge in [-0.2, -0.15) is 5.10 Å². The van der Waals surface area contributed by atoms with Crippen LogP contribution in [0.15, 0.2) is 10.2 Å². The number of rotatable bonds is 1. The first-order valence-electron chi connectivity index (χ1n) is 4.18. The van der Waals surface area contributed by atoms with Crippen molar-refractivity contribution in [3.63, 3.8) is 0 Å². The van der Waals surface area contributed by atoms with Gasteiger partial charge in [0.05, 0.1) is 0 Å². The minimum atomic E-state index is 0.0326. The molecule has 0 saturated heterocycles. The van der Waals surface area contributed by atoms with Gasteiger partial charge in [-0.3, -0.25) is 0 Å². The van der Waals surface area contributed by atoms with Crippen LogP contribution in [0.5, 0.6) is 0 Å². The topological polar surface area (TPSA) is 76.8 Å². The van der Waals surface area contributed by atoms with Crippen LogP contribution in [0.25, 0.3) is 0 Å². The monoisotopic (exact) mass is 168 g/mol. The van der Waals surface area contributed by atoms with Gasteiger partial charge >= 0.3 is 0 Å². The lowest BCUT2D eigenvalue weighted by atomic mass is 9.90. The summed E-state index contributed by atoms with van der Waals surface area (Å²) in [4.78, 5) is 0. The van der Waals surface area contributed by atoms with Crippen LogP contribution in [0.4, 0.5) is 0 Å². The molecular weight excluding hydrogens is 152 g/mol. The molecule has 0 aliphatic heterocycles. The van der Waals surface area contributed by atoms with Crippen LogP contribution in [0.3, 0.4) is 0 Å². The summed E-state index contributed by atoms with van der Waals surface area (Å²) in [6.45, 7) is 4.34. The van der Waals surface area contributed by atoms with Crippen molar-refractivity contribution in [1.29, 1.82) is 0 Å². The minimum Gasteiger partial charge on any atom is -0.369 e. The van der Waals surface area contributed by atoms with Crippen molar-refractivity contribution in [2.75, 3.05) is 0 Å². The van der Waals surface area contributed by atoms with E-state index in [4.69, 9.17) is 11.5 Å². The highest BCUT2D eigenvalue weighted by Gasteiger charge is 2.30. The summed E-state index contributed by atoms with van der Waals surface area (Å²) in [6, 6.07) is 0. The molecule has 1 rings (SSSR count). The second kappa shape index (κ2) is 3.13. The van der Waals surface area contributed by atoms with Gasteiger partial charge in [-0.05, 0) is 19.3 Å². The van der Waals surface area contributed by atoms with Gasteiger partial charge in [0.2, 0.25) is 5.96 Å². The predicted octanol–water partition coefficient (Wildman–Crippen LogP) is 0.826. The second-order valence-corrected chi connectivity index (χ2v) is 3.81. The van der Waals surface area contributed by atoms with Crippen molar-refractivity contribution < 1.29 is 0 Å². The molecule has 68 valence electrons. The number of nitrogens with zero attached hydrogens (tertiary/aromatic N) is 2. The fourth-order valence-corrected chi connectivity index (χ4v) is 1.48. The van der Waals surface area contributed by atoms with Crippen LogP contribution in [-0.4, -0.2) is 11.7 Å². The predicted molar refractivity (Wildman–Crippen MR) is 50.9 cm³/mol. The van der Waals surface area contributed by atoms with E-state index in [0.29, 0.717) is 0 Å². The zero-order valence-corrected chi connectivity index (χ0v) is 7.67. The molecule has 0 bridgehead atoms. The van der Waals surface area contributed by atoms with E-state index in [2.05, 4.69) is 24.1 Å². The van der Waals surface area contributed by atoms with E-state index in [1.165, 1.54) is 12.8 Å². The van der Waals surface area contributed by atoms with E-state index < -0.39 is 0 Å². The third-order valence-corrected chi connectivity index (χ3v) is 2.28. The van der Waals surface area contributed by atoms with Crippen LogP contribution >= 0.6 is 0 Å². The Hall–Kier alpha value is -1.06. The molecule has 4 heteroatoms. The van der Waals surface area contributed by atoms with Gasteiger partial charge in [-0.15, -0.1) is 5.10 Å². The molecule has 0 radical (unpaired) electrons. The van der Waals surface area contributed by atoms with E-state index in [9.17, 15) is 0 Å². The summed E-state index contributed by atoms with van der Waals surface area (Å²) in [5.74, 6) is 0.0326. The average Bonchev–Trinajstić information content (AvgIpc) is 2.25. The Labute approximate surface area is 72.7 Å². The zero-order valence-electron chi connectivity index (χ0n) is 7.67. The summed E-state index contributed by atoms with van der Waals surface area (Å²) < 4.78 is 0. The lowest BCUT2D eigenvalue weighted by Gasteiger charge is -2.16. The highest BCUT2D eigenvalue weighted by atomic mass is 15.3. The Bertz CT molecular complexity index is 223. The Morgan fingerprint density at radius 3 is 2.50 bits per heavy atom. The van der Waals surface area contributed by atoms with E-state index >= 15 is 0 Å². The number of nitrogens with two attached hydrogens (primary N) is 2. The molecular formula is C8H16N4. The molecule has 1 saturated carbocycles. The van der Waals surface area contributed by atoms with E-state index in [0.717, 1.165) is 12.1 Å². The Morgan fingerprint density at radius 1 is 1.42 bits per heavy atom. The fourth-order valence-electron chi connectivity index (χ4n) is 1.48. The lowest BCUT2D eigenvalue weighted by molar-refractivity contribution is 0.510. The molecule has 0 heterocycles. The highest BCUT2D eigenvalue weighted by molar-refractivity contribution is 5.91. The first-order valence-corrected chi connectivity index (χ1v) is 4.18. The first-order chi connectivity index (χ1) is 5.52. The van der Waals surface area contributed by atoms with Gasteiger partial charge in [0.1, 0.15) is 0 Å². The van der Waals surface area contributed by atoms with Gasteiger partial charge in [0, 0.05) is 11.1 Å². The van der Waals surface area contributed by atoms with Crippen LogP contribution in [0.1, 0.15) is 33.1 Å². The third-order valence-electron chi connectivity index (χ3n) is 2.28. The summed E-state index contributed by atoms with van der Waals surface area (Å²) in [5.41, 5.74) is 11.6. The van der Waals surface area contributed by atoms with Crippen LogP contribution < -0.4 is 11.5 Å². The van der Waals surface area contributed by atoms with Gasteiger partial charge in [-0.1, -0.05) is 13.8 Å². The molecule has 1 aliphatic carbocycles. The maximum absolute atomic E-state index is 5.18. The number of hydrogen-bond donors (Lipinski definition) is 2. The number of guanidine groups is 1. The van der Waals surface area contributed by atoms with E-state index in [-0.39, 0.29) is 11.4 Å². The first kappa shape index (κ1) is 9.03. The summed E-state index contributed by atoms with van der Waals surface area (Å²) >= 11 is 0. The molecule has 1 aliphatic rings.